The Morgan fingerprint density at radius 1 is 0.165 bits per heavy atom. The maximum Gasteiger partial charge on any atom is 0.135 e. The van der Waals surface area contributed by atoms with Crippen LogP contribution in [0.5, 0.6) is 0 Å². The van der Waals surface area contributed by atoms with Crippen molar-refractivity contribution in [2.45, 2.75) is 55.4 Å². The number of fused-ring (bicyclic) bond motifs is 22. The van der Waals surface area contributed by atoms with Crippen LogP contribution in [-0.2, 0) is 7.05 Å². The van der Waals surface area contributed by atoms with Gasteiger partial charge in [-0.25, -0.2) is 0 Å². The molecule has 0 aliphatic rings. The molecule has 0 fully saturated rings. The van der Waals surface area contributed by atoms with E-state index in [2.05, 4.69) is 461 Å². The van der Waals surface area contributed by atoms with Crippen molar-refractivity contribution in [2.75, 3.05) is 0 Å². The van der Waals surface area contributed by atoms with E-state index in [0.29, 0.717) is 0 Å². The fourth-order valence-electron chi connectivity index (χ4n) is 19.1. The summed E-state index contributed by atoms with van der Waals surface area (Å²) in [4.78, 5) is 0. The molecule has 27 rings (SSSR count). The fourth-order valence-corrected chi connectivity index (χ4v) is 19.1. The second-order valence-electron chi connectivity index (χ2n) is 34.3. The van der Waals surface area contributed by atoms with E-state index < -0.39 is 0 Å². The Bertz CT molecular complexity index is 8760. The third kappa shape index (κ3) is 16.6. The van der Waals surface area contributed by atoms with Crippen LogP contribution in [-0.4, -0.2) is 22.8 Å². The highest BCUT2D eigenvalue weighted by Gasteiger charge is 2.18. The first-order chi connectivity index (χ1) is 65.3. The van der Waals surface area contributed by atoms with Gasteiger partial charge in [-0.2, -0.15) is 0 Å². The second kappa shape index (κ2) is 37.2. The highest BCUT2D eigenvalue weighted by atomic mass is 16.3. The van der Waals surface area contributed by atoms with Crippen molar-refractivity contribution < 1.29 is 13.3 Å². The van der Waals surface area contributed by atoms with Crippen molar-refractivity contribution in [2.24, 2.45) is 7.05 Å². The van der Waals surface area contributed by atoms with E-state index >= 15 is 0 Å². The number of furan rings is 3. The molecule has 8 nitrogen and oxygen atoms in total. The molecule has 0 bridgehead atoms. The highest BCUT2D eigenvalue weighted by Crippen LogP contribution is 2.40. The topological polar surface area (TPSA) is 64.1 Å². The largest absolute Gasteiger partial charge is 0.456 e. The van der Waals surface area contributed by atoms with E-state index in [1.165, 1.54) is 198 Å². The van der Waals surface area contributed by atoms with Gasteiger partial charge in [-0.05, 0) is 235 Å². The molecule has 0 spiro atoms. The molecule has 0 atom stereocenters. The zero-order valence-electron chi connectivity index (χ0n) is 76.2. The minimum Gasteiger partial charge on any atom is -0.456 e. The number of hydrogen-bond donors (Lipinski definition) is 0. The number of hydrogen-bond acceptors (Lipinski definition) is 3. The molecule has 19 aromatic carbocycles. The molecule has 0 radical (unpaired) electrons. The SMILES string of the molecule is Cc1c(C)n(-c2ccccc2)c2ccccc12.Cc1ccc2c(c1)c1ccccc1n2-c1ccccc1.Cc1ccc2c(c1)oc1ccccc12.Cc1ccc2c3ccccc3n(-c3ccccc3)c2c1.Cc1ccc2oc3ccccc3c2c1.Cc1cccc2c1c1ccccc1n2-c1ccccc1.Cc1cccc2oc3ccccc3c12.Cn1c2ccccc2c2ccccc21. The Morgan fingerprint density at radius 3 is 1.02 bits per heavy atom. The molecular formula is C125H101N5O3. The van der Waals surface area contributed by atoms with E-state index in [1.54, 1.807) is 0 Å². The number of nitrogens with zero attached hydrogens (tertiary/aromatic N) is 5. The Hall–Kier alpha value is -16.7. The maximum atomic E-state index is 5.73. The van der Waals surface area contributed by atoms with Crippen LogP contribution in [0.2, 0.25) is 0 Å². The molecule has 133 heavy (non-hydrogen) atoms. The Labute approximate surface area is 773 Å². The lowest BCUT2D eigenvalue weighted by Gasteiger charge is -2.08. The standard InChI is InChI=1S/3C19H15N.C16H15N.C13H11N.3C13H10O/c1-14-8-7-13-18-19(14)16-11-5-6-12-17(16)20(18)15-9-3-2-4-10-15;1-14-11-12-19-17(13-14)16-9-5-6-10-18(16)20(19)15-7-3-2-4-8-15;1-14-11-12-17-16-9-5-6-10-18(16)20(19(17)13-14)15-7-3-2-4-8-15;1-12-13(2)17(14-8-4-3-5-9-14)16-11-7-6-10-15(12)16;1-14-12-8-4-2-6-10(12)11-7-3-5-9-13(11)14;1-9-5-4-8-12-13(9)10-6-2-3-7-11(10)14-12;1-9-6-7-13-11(8-9)10-4-2-3-5-12(10)14-13;1-9-6-7-11-10-4-2-3-5-12(10)14-13(11)8-9/h3*2-13H,1H3;3-11H,1-2H3;2-9H,1H3;3*2-8H,1H3. The lowest BCUT2D eigenvalue weighted by Crippen LogP contribution is -1.95. The van der Waals surface area contributed by atoms with Crippen LogP contribution in [0.3, 0.4) is 0 Å². The summed E-state index contributed by atoms with van der Waals surface area (Å²) in [5.74, 6) is 0. The van der Waals surface area contributed by atoms with Gasteiger partial charge in [-0.15, -0.1) is 0 Å². The summed E-state index contributed by atoms with van der Waals surface area (Å²) >= 11 is 0. The van der Waals surface area contributed by atoms with E-state index in [1.807, 2.05) is 72.8 Å². The van der Waals surface area contributed by atoms with Crippen LogP contribution in [0.1, 0.15) is 44.6 Å². The van der Waals surface area contributed by atoms with Crippen molar-refractivity contribution in [1.29, 1.82) is 0 Å². The van der Waals surface area contributed by atoms with Gasteiger partial charge in [0.15, 0.2) is 0 Å². The predicted molar refractivity (Wildman–Crippen MR) is 565 cm³/mol. The molecule has 0 unspecified atom stereocenters. The zero-order chi connectivity index (χ0) is 90.6. The quantitative estimate of drug-likeness (QED) is 0.176. The molecule has 0 amide bonds. The zero-order valence-corrected chi connectivity index (χ0v) is 76.2. The minimum absolute atomic E-state index is 0.966. The number of para-hydroxylation sites is 13. The van der Waals surface area contributed by atoms with Crippen molar-refractivity contribution in [3.8, 4) is 22.7 Å². The van der Waals surface area contributed by atoms with Gasteiger partial charge in [0.1, 0.15) is 33.5 Å². The van der Waals surface area contributed by atoms with Crippen LogP contribution in [0.4, 0.5) is 0 Å². The van der Waals surface area contributed by atoms with Gasteiger partial charge in [0.05, 0.1) is 38.6 Å². The van der Waals surface area contributed by atoms with E-state index in [0.717, 1.165) is 33.5 Å². The smallest absolute Gasteiger partial charge is 0.135 e. The average Bonchev–Trinajstić information content (AvgIpc) is 1.57. The monoisotopic (exact) mass is 1720 g/mol. The number of aromatic nitrogens is 5. The van der Waals surface area contributed by atoms with Gasteiger partial charge in [0.25, 0.3) is 0 Å². The molecule has 0 saturated heterocycles. The summed E-state index contributed by atoms with van der Waals surface area (Å²) in [5, 5.41) is 19.2. The normalized spacial score (nSPS) is 11.2. The van der Waals surface area contributed by atoms with Crippen LogP contribution in [0, 0.1) is 55.4 Å². The minimum atomic E-state index is 0.966. The molecule has 8 heterocycles. The number of benzene rings is 19. The molecule has 8 heteroatoms. The predicted octanol–water partition coefficient (Wildman–Crippen LogP) is 34.5. The third-order valence-corrected chi connectivity index (χ3v) is 25.5. The van der Waals surface area contributed by atoms with E-state index in [9.17, 15) is 0 Å². The molecule has 0 saturated carbocycles. The van der Waals surface area contributed by atoms with Crippen molar-refractivity contribution in [3.05, 3.63) is 494 Å². The molecule has 27 aromatic rings. The maximum absolute atomic E-state index is 5.73. The summed E-state index contributed by atoms with van der Waals surface area (Å²) in [6.45, 7) is 17.1. The van der Waals surface area contributed by atoms with Gasteiger partial charge in [-0.3, -0.25) is 0 Å². The number of aryl methyl sites for hydroxylation is 8. The average molecular weight is 1720 g/mol. The lowest BCUT2D eigenvalue weighted by molar-refractivity contribution is 0.668. The summed E-state index contributed by atoms with van der Waals surface area (Å²) < 4.78 is 28.8. The molecule has 0 N–H and O–H groups in total. The Morgan fingerprint density at radius 2 is 0.466 bits per heavy atom. The second-order valence-corrected chi connectivity index (χ2v) is 34.3. The lowest BCUT2D eigenvalue weighted by atomic mass is 10.1. The van der Waals surface area contributed by atoms with Gasteiger partial charge in [-0.1, -0.05) is 308 Å². The van der Waals surface area contributed by atoms with Crippen LogP contribution >= 0.6 is 0 Å². The molecule has 8 aromatic heterocycles. The van der Waals surface area contributed by atoms with E-state index in [-0.39, 0.29) is 0 Å². The van der Waals surface area contributed by atoms with E-state index in [4.69, 9.17) is 13.3 Å². The van der Waals surface area contributed by atoms with Crippen LogP contribution in [0.25, 0.3) is 187 Å². The van der Waals surface area contributed by atoms with Gasteiger partial charge in [0, 0.05) is 127 Å². The molecule has 0 aliphatic carbocycles. The first-order valence-electron chi connectivity index (χ1n) is 45.6. The van der Waals surface area contributed by atoms with Crippen molar-refractivity contribution in [3.63, 3.8) is 0 Å². The Balaban J connectivity index is 0.0000000950. The Kier molecular flexibility index (Phi) is 23.6. The number of rotatable bonds is 4. The first-order valence-corrected chi connectivity index (χ1v) is 45.6. The first kappa shape index (κ1) is 84.5. The highest BCUT2D eigenvalue weighted by molar-refractivity contribution is 6.14. The van der Waals surface area contributed by atoms with Crippen LogP contribution < -0.4 is 0 Å². The van der Waals surface area contributed by atoms with Gasteiger partial charge < -0.3 is 36.1 Å². The summed E-state index contributed by atoms with van der Waals surface area (Å²) in [6, 6.07) is 157. The third-order valence-electron chi connectivity index (χ3n) is 25.5. The van der Waals surface area contributed by atoms with Crippen LogP contribution in [0.15, 0.2) is 462 Å². The fraction of sp³-hybridized carbons (Fsp3) is 0.0720. The van der Waals surface area contributed by atoms with Gasteiger partial charge >= 0.3 is 0 Å². The molecule has 0 aliphatic heterocycles. The summed E-state index contributed by atoms with van der Waals surface area (Å²) in [5.41, 5.74) is 32.6. The molecular weight excluding hydrogens is 1620 g/mol. The summed E-state index contributed by atoms with van der Waals surface area (Å²) in [6.07, 6.45) is 0. The summed E-state index contributed by atoms with van der Waals surface area (Å²) in [7, 11) is 2.12. The van der Waals surface area contributed by atoms with Crippen molar-refractivity contribution in [1.82, 2.24) is 22.8 Å². The van der Waals surface area contributed by atoms with Crippen molar-refractivity contribution >= 4 is 164 Å². The van der Waals surface area contributed by atoms with Gasteiger partial charge in [0.2, 0.25) is 0 Å². The molecule has 644 valence electrons.